The van der Waals surface area contributed by atoms with Gasteiger partial charge in [0.2, 0.25) is 0 Å². The van der Waals surface area contributed by atoms with Crippen molar-refractivity contribution in [1.29, 1.82) is 0 Å². The second-order valence-corrected chi connectivity index (χ2v) is 4.57. The summed E-state index contributed by atoms with van der Waals surface area (Å²) in [6.45, 7) is 2.34. The van der Waals surface area contributed by atoms with Crippen molar-refractivity contribution in [3.8, 4) is 5.75 Å². The van der Waals surface area contributed by atoms with E-state index in [2.05, 4.69) is 5.32 Å². The number of ether oxygens (including phenoxy) is 1. The minimum absolute atomic E-state index is 0.165. The van der Waals surface area contributed by atoms with E-state index < -0.39 is 0 Å². The molecule has 2 aromatic carbocycles. The van der Waals surface area contributed by atoms with Gasteiger partial charge in [-0.3, -0.25) is 4.79 Å². The van der Waals surface area contributed by atoms with Gasteiger partial charge in [0.1, 0.15) is 5.75 Å². The molecule has 0 aliphatic carbocycles. The zero-order valence-electron chi connectivity index (χ0n) is 11.6. The minimum atomic E-state index is -0.165. The van der Waals surface area contributed by atoms with E-state index in [9.17, 15) is 4.79 Å². The van der Waals surface area contributed by atoms with Crippen LogP contribution >= 0.6 is 0 Å². The van der Waals surface area contributed by atoms with Crippen molar-refractivity contribution in [3.05, 3.63) is 59.2 Å². The van der Waals surface area contributed by atoms with Crippen LogP contribution in [-0.4, -0.2) is 13.0 Å². The summed E-state index contributed by atoms with van der Waals surface area (Å²) in [6, 6.07) is 13.0. The van der Waals surface area contributed by atoms with Crippen LogP contribution in [0.1, 0.15) is 21.5 Å². The first-order valence-electron chi connectivity index (χ1n) is 6.38. The third-order valence-corrected chi connectivity index (χ3v) is 3.18. The van der Waals surface area contributed by atoms with Gasteiger partial charge in [-0.05, 0) is 36.2 Å². The molecular weight excluding hydrogens is 252 g/mol. The Kier molecular flexibility index (Phi) is 4.25. The molecule has 0 heterocycles. The molecule has 0 spiro atoms. The first-order chi connectivity index (χ1) is 9.61. The van der Waals surface area contributed by atoms with E-state index in [1.165, 1.54) is 0 Å². The van der Waals surface area contributed by atoms with Crippen LogP contribution in [0.15, 0.2) is 42.5 Å². The Balaban J connectivity index is 2.02. The average molecular weight is 270 g/mol. The van der Waals surface area contributed by atoms with Crippen molar-refractivity contribution >= 4 is 11.6 Å². The zero-order chi connectivity index (χ0) is 14.5. The lowest BCUT2D eigenvalue weighted by Gasteiger charge is -2.09. The first kappa shape index (κ1) is 13.9. The quantitative estimate of drug-likeness (QED) is 0.839. The number of carbonyl (C=O) groups excluding carboxylic acids is 1. The second kappa shape index (κ2) is 6.10. The maximum Gasteiger partial charge on any atom is 0.253 e. The number of para-hydroxylation sites is 1. The standard InChI is InChI=1S/C16H18N2O2/c1-11-4-3-5-14(15(11)17)16(19)18-10-12-6-8-13(20-2)9-7-12/h3-9H,10,17H2,1-2H3,(H,18,19). The van der Waals surface area contributed by atoms with E-state index >= 15 is 0 Å². The molecule has 3 N–H and O–H groups in total. The summed E-state index contributed by atoms with van der Waals surface area (Å²) >= 11 is 0. The van der Waals surface area contributed by atoms with Crippen LogP contribution in [0.4, 0.5) is 5.69 Å². The van der Waals surface area contributed by atoms with Gasteiger partial charge in [0.05, 0.1) is 12.7 Å². The molecule has 0 saturated heterocycles. The predicted octanol–water partition coefficient (Wildman–Crippen LogP) is 2.52. The van der Waals surface area contributed by atoms with Crippen molar-refractivity contribution < 1.29 is 9.53 Å². The number of amides is 1. The highest BCUT2D eigenvalue weighted by molar-refractivity contribution is 5.99. The SMILES string of the molecule is COc1ccc(CNC(=O)c2cccc(C)c2N)cc1. The van der Waals surface area contributed by atoms with E-state index in [-0.39, 0.29) is 5.91 Å². The lowest BCUT2D eigenvalue weighted by atomic mass is 10.1. The fraction of sp³-hybridized carbons (Fsp3) is 0.188. The maximum absolute atomic E-state index is 12.1. The van der Waals surface area contributed by atoms with Crippen LogP contribution in [0, 0.1) is 6.92 Å². The Morgan fingerprint density at radius 2 is 1.90 bits per heavy atom. The van der Waals surface area contributed by atoms with E-state index in [0.29, 0.717) is 17.8 Å². The molecule has 0 saturated carbocycles. The fourth-order valence-corrected chi connectivity index (χ4v) is 1.90. The number of aryl methyl sites for hydroxylation is 1. The Morgan fingerprint density at radius 3 is 2.55 bits per heavy atom. The smallest absolute Gasteiger partial charge is 0.253 e. The van der Waals surface area contributed by atoms with E-state index in [1.54, 1.807) is 13.2 Å². The Morgan fingerprint density at radius 1 is 1.20 bits per heavy atom. The number of nitrogen functional groups attached to an aromatic ring is 1. The van der Waals surface area contributed by atoms with Gasteiger partial charge in [-0.1, -0.05) is 24.3 Å². The molecule has 0 bridgehead atoms. The van der Waals surface area contributed by atoms with Crippen molar-refractivity contribution in [2.75, 3.05) is 12.8 Å². The van der Waals surface area contributed by atoms with Crippen LogP contribution in [-0.2, 0) is 6.54 Å². The number of methoxy groups -OCH3 is 1. The summed E-state index contributed by atoms with van der Waals surface area (Å²) < 4.78 is 5.09. The average Bonchev–Trinajstić information content (AvgIpc) is 2.48. The molecule has 1 amide bonds. The van der Waals surface area contributed by atoms with Gasteiger partial charge >= 0.3 is 0 Å². The van der Waals surface area contributed by atoms with E-state index in [0.717, 1.165) is 16.9 Å². The minimum Gasteiger partial charge on any atom is -0.497 e. The highest BCUT2D eigenvalue weighted by Gasteiger charge is 2.10. The van der Waals surface area contributed by atoms with Crippen LogP contribution in [0.25, 0.3) is 0 Å². The maximum atomic E-state index is 12.1. The monoisotopic (exact) mass is 270 g/mol. The van der Waals surface area contributed by atoms with Crippen LogP contribution < -0.4 is 15.8 Å². The Bertz CT molecular complexity index is 606. The number of hydrogen-bond donors (Lipinski definition) is 2. The summed E-state index contributed by atoms with van der Waals surface area (Å²) in [6.07, 6.45) is 0. The van der Waals surface area contributed by atoms with Crippen molar-refractivity contribution in [1.82, 2.24) is 5.32 Å². The number of hydrogen-bond acceptors (Lipinski definition) is 3. The number of nitrogens with two attached hydrogens (primary N) is 1. The van der Waals surface area contributed by atoms with Crippen LogP contribution in [0.2, 0.25) is 0 Å². The molecule has 0 unspecified atom stereocenters. The van der Waals surface area contributed by atoms with Crippen molar-refractivity contribution in [2.24, 2.45) is 0 Å². The molecule has 0 atom stereocenters. The zero-order valence-corrected chi connectivity index (χ0v) is 11.6. The van der Waals surface area contributed by atoms with Gasteiger partial charge in [-0.25, -0.2) is 0 Å². The van der Waals surface area contributed by atoms with E-state index in [1.807, 2.05) is 43.3 Å². The molecule has 2 rings (SSSR count). The van der Waals surface area contributed by atoms with Crippen molar-refractivity contribution in [3.63, 3.8) is 0 Å². The second-order valence-electron chi connectivity index (χ2n) is 4.57. The Hall–Kier alpha value is -2.49. The number of nitrogens with one attached hydrogen (secondary N) is 1. The largest absolute Gasteiger partial charge is 0.497 e. The summed E-state index contributed by atoms with van der Waals surface area (Å²) in [5, 5.41) is 2.86. The van der Waals surface area contributed by atoms with Gasteiger partial charge in [0.15, 0.2) is 0 Å². The van der Waals surface area contributed by atoms with Gasteiger partial charge in [0.25, 0.3) is 5.91 Å². The number of carbonyl (C=O) groups is 1. The topological polar surface area (TPSA) is 64.3 Å². The molecule has 20 heavy (non-hydrogen) atoms. The fourth-order valence-electron chi connectivity index (χ4n) is 1.90. The lowest BCUT2D eigenvalue weighted by Crippen LogP contribution is -2.24. The van der Waals surface area contributed by atoms with Crippen molar-refractivity contribution in [2.45, 2.75) is 13.5 Å². The van der Waals surface area contributed by atoms with Crippen LogP contribution in [0.3, 0.4) is 0 Å². The third-order valence-electron chi connectivity index (χ3n) is 3.18. The van der Waals surface area contributed by atoms with E-state index in [4.69, 9.17) is 10.5 Å². The first-order valence-corrected chi connectivity index (χ1v) is 6.38. The van der Waals surface area contributed by atoms with Gasteiger partial charge in [0, 0.05) is 12.2 Å². The molecule has 0 fully saturated rings. The molecule has 4 nitrogen and oxygen atoms in total. The highest BCUT2D eigenvalue weighted by atomic mass is 16.5. The lowest BCUT2D eigenvalue weighted by molar-refractivity contribution is 0.0951. The van der Waals surface area contributed by atoms with Crippen LogP contribution in [0.5, 0.6) is 5.75 Å². The van der Waals surface area contributed by atoms with Gasteiger partial charge in [-0.2, -0.15) is 0 Å². The third kappa shape index (κ3) is 3.09. The van der Waals surface area contributed by atoms with Gasteiger partial charge in [-0.15, -0.1) is 0 Å². The summed E-state index contributed by atoms with van der Waals surface area (Å²) in [5.74, 6) is 0.630. The molecule has 0 aliphatic heterocycles. The number of benzene rings is 2. The molecule has 0 radical (unpaired) electrons. The Labute approximate surface area is 118 Å². The molecule has 104 valence electrons. The van der Waals surface area contributed by atoms with Gasteiger partial charge < -0.3 is 15.8 Å². The molecule has 0 aliphatic rings. The molecule has 0 aromatic heterocycles. The predicted molar refractivity (Wildman–Crippen MR) is 79.8 cm³/mol. The molecule has 4 heteroatoms. The number of anilines is 1. The summed E-state index contributed by atoms with van der Waals surface area (Å²) in [4.78, 5) is 12.1. The normalized spacial score (nSPS) is 10.1. The molecular formula is C16H18N2O2. The highest BCUT2D eigenvalue weighted by Crippen LogP contribution is 2.16. The molecule has 2 aromatic rings. The summed E-state index contributed by atoms with van der Waals surface area (Å²) in [5.41, 5.74) is 8.86. The summed E-state index contributed by atoms with van der Waals surface area (Å²) in [7, 11) is 1.62. The number of rotatable bonds is 4.